The number of sulfonamides is 1. The summed E-state index contributed by atoms with van der Waals surface area (Å²) >= 11 is 3.38. The summed E-state index contributed by atoms with van der Waals surface area (Å²) in [6, 6.07) is 11.8. The zero-order valence-electron chi connectivity index (χ0n) is 10.7. The van der Waals surface area contributed by atoms with Crippen molar-refractivity contribution in [2.24, 2.45) is 0 Å². The molecule has 2 aromatic carbocycles. The fraction of sp³-hybridized carbons (Fsp3) is 0.143. The van der Waals surface area contributed by atoms with E-state index < -0.39 is 21.9 Å². The smallest absolute Gasteiger partial charge is 0.207 e. The van der Waals surface area contributed by atoms with Crippen molar-refractivity contribution in [2.75, 3.05) is 0 Å². The highest BCUT2D eigenvalue weighted by Crippen LogP contribution is 2.24. The Kier molecular flexibility index (Phi) is 4.57. The molecule has 0 spiro atoms. The third kappa shape index (κ3) is 3.45. The Morgan fingerprint density at radius 3 is 2.50 bits per heavy atom. The van der Waals surface area contributed by atoms with E-state index in [4.69, 9.17) is 0 Å². The molecule has 1 unspecified atom stereocenters. The van der Waals surface area contributed by atoms with Crippen LogP contribution in [0.5, 0.6) is 0 Å². The van der Waals surface area contributed by atoms with E-state index in [0.717, 1.165) is 16.1 Å². The number of rotatable bonds is 4. The average molecular weight is 358 g/mol. The predicted octanol–water partition coefficient (Wildman–Crippen LogP) is 3.63. The van der Waals surface area contributed by atoms with E-state index in [1.807, 2.05) is 24.3 Å². The molecule has 0 bridgehead atoms. The molecule has 2 rings (SSSR count). The maximum atomic E-state index is 13.1. The fourth-order valence-electron chi connectivity index (χ4n) is 1.82. The molecule has 0 saturated heterocycles. The standard InChI is InChI=1S/C14H13BrFNO2S/c1-10(13-7-2-3-8-14(13)15)17-20(18,19)12-6-4-5-11(16)9-12/h2-10,17H,1H3. The van der Waals surface area contributed by atoms with E-state index in [2.05, 4.69) is 20.7 Å². The largest absolute Gasteiger partial charge is 0.241 e. The monoisotopic (exact) mass is 357 g/mol. The SMILES string of the molecule is CC(NS(=O)(=O)c1cccc(F)c1)c1ccccc1Br. The highest BCUT2D eigenvalue weighted by atomic mass is 79.9. The average Bonchev–Trinajstić information content (AvgIpc) is 2.38. The van der Waals surface area contributed by atoms with Crippen LogP contribution in [0.15, 0.2) is 57.9 Å². The Balaban J connectivity index is 2.27. The molecule has 20 heavy (non-hydrogen) atoms. The lowest BCUT2D eigenvalue weighted by Crippen LogP contribution is -2.27. The zero-order chi connectivity index (χ0) is 14.8. The molecule has 106 valence electrons. The van der Waals surface area contributed by atoms with Gasteiger partial charge in [0.05, 0.1) is 4.90 Å². The second-order valence-corrected chi connectivity index (χ2v) is 6.89. The normalized spacial score (nSPS) is 13.2. The van der Waals surface area contributed by atoms with Gasteiger partial charge in [0.15, 0.2) is 0 Å². The van der Waals surface area contributed by atoms with Gasteiger partial charge in [-0.25, -0.2) is 17.5 Å². The van der Waals surface area contributed by atoms with Crippen molar-refractivity contribution in [2.45, 2.75) is 17.9 Å². The van der Waals surface area contributed by atoms with Gasteiger partial charge in [-0.05, 0) is 36.8 Å². The molecule has 1 atom stereocenters. The molecule has 0 aliphatic rings. The first-order valence-corrected chi connectivity index (χ1v) is 8.20. The molecule has 0 amide bonds. The second kappa shape index (κ2) is 6.03. The van der Waals surface area contributed by atoms with Crippen molar-refractivity contribution >= 4 is 26.0 Å². The third-order valence-electron chi connectivity index (χ3n) is 2.81. The van der Waals surface area contributed by atoms with Crippen molar-refractivity contribution < 1.29 is 12.8 Å². The minimum absolute atomic E-state index is 0.0867. The Morgan fingerprint density at radius 2 is 1.85 bits per heavy atom. The van der Waals surface area contributed by atoms with Crippen LogP contribution >= 0.6 is 15.9 Å². The van der Waals surface area contributed by atoms with Crippen molar-refractivity contribution in [3.05, 3.63) is 64.4 Å². The minimum Gasteiger partial charge on any atom is -0.207 e. The Labute approximate surface area is 126 Å². The Morgan fingerprint density at radius 1 is 1.15 bits per heavy atom. The lowest BCUT2D eigenvalue weighted by Gasteiger charge is -2.16. The maximum Gasteiger partial charge on any atom is 0.241 e. The van der Waals surface area contributed by atoms with Gasteiger partial charge < -0.3 is 0 Å². The molecule has 0 fully saturated rings. The highest BCUT2D eigenvalue weighted by molar-refractivity contribution is 9.10. The molecule has 0 saturated carbocycles. The van der Waals surface area contributed by atoms with Crippen LogP contribution in [0.25, 0.3) is 0 Å². The molecular formula is C14H13BrFNO2S. The first-order valence-electron chi connectivity index (χ1n) is 5.92. The van der Waals surface area contributed by atoms with Gasteiger partial charge in [-0.3, -0.25) is 0 Å². The third-order valence-corrected chi connectivity index (χ3v) is 5.07. The summed E-state index contributed by atoms with van der Waals surface area (Å²) in [5.74, 6) is -0.582. The van der Waals surface area contributed by atoms with Gasteiger partial charge in [0, 0.05) is 10.5 Å². The molecular weight excluding hydrogens is 345 g/mol. The van der Waals surface area contributed by atoms with Gasteiger partial charge in [-0.1, -0.05) is 40.2 Å². The quantitative estimate of drug-likeness (QED) is 0.907. The lowest BCUT2D eigenvalue weighted by atomic mass is 10.1. The fourth-order valence-corrected chi connectivity index (χ4v) is 3.71. The van der Waals surface area contributed by atoms with E-state index >= 15 is 0 Å². The highest BCUT2D eigenvalue weighted by Gasteiger charge is 2.19. The van der Waals surface area contributed by atoms with Crippen LogP contribution in [0.1, 0.15) is 18.5 Å². The van der Waals surface area contributed by atoms with Crippen LogP contribution in [0.3, 0.4) is 0 Å². The summed E-state index contributed by atoms with van der Waals surface area (Å²) in [7, 11) is -3.76. The van der Waals surface area contributed by atoms with Crippen LogP contribution in [0.4, 0.5) is 4.39 Å². The van der Waals surface area contributed by atoms with Crippen molar-refractivity contribution in [1.29, 1.82) is 0 Å². The molecule has 0 heterocycles. The Hall–Kier alpha value is -1.24. The zero-order valence-corrected chi connectivity index (χ0v) is 13.1. The Bertz CT molecular complexity index is 719. The van der Waals surface area contributed by atoms with Crippen molar-refractivity contribution in [3.8, 4) is 0 Å². The molecule has 1 N–H and O–H groups in total. The van der Waals surface area contributed by atoms with Crippen LogP contribution in [-0.4, -0.2) is 8.42 Å². The number of nitrogens with one attached hydrogen (secondary N) is 1. The van der Waals surface area contributed by atoms with E-state index in [0.29, 0.717) is 0 Å². The topological polar surface area (TPSA) is 46.2 Å². The first kappa shape index (κ1) is 15.2. The molecule has 3 nitrogen and oxygen atoms in total. The van der Waals surface area contributed by atoms with Gasteiger partial charge in [0.2, 0.25) is 10.0 Å². The summed E-state index contributed by atoms with van der Waals surface area (Å²) in [6.45, 7) is 1.73. The van der Waals surface area contributed by atoms with Gasteiger partial charge in [0.1, 0.15) is 5.82 Å². The number of benzene rings is 2. The summed E-state index contributed by atoms with van der Waals surface area (Å²) in [4.78, 5) is -0.0867. The number of hydrogen-bond acceptors (Lipinski definition) is 2. The number of halogens is 2. The van der Waals surface area contributed by atoms with E-state index in [-0.39, 0.29) is 4.90 Å². The summed E-state index contributed by atoms with van der Waals surface area (Å²) < 4.78 is 40.8. The number of hydrogen-bond donors (Lipinski definition) is 1. The first-order chi connectivity index (χ1) is 9.40. The van der Waals surface area contributed by atoms with Crippen LogP contribution in [0, 0.1) is 5.82 Å². The minimum atomic E-state index is -3.76. The molecule has 0 aromatic heterocycles. The van der Waals surface area contributed by atoms with E-state index in [1.54, 1.807) is 6.92 Å². The van der Waals surface area contributed by atoms with Crippen LogP contribution in [-0.2, 0) is 10.0 Å². The van der Waals surface area contributed by atoms with Gasteiger partial charge >= 0.3 is 0 Å². The van der Waals surface area contributed by atoms with Gasteiger partial charge in [-0.15, -0.1) is 0 Å². The predicted molar refractivity (Wildman–Crippen MR) is 79.3 cm³/mol. The van der Waals surface area contributed by atoms with Gasteiger partial charge in [-0.2, -0.15) is 0 Å². The molecule has 0 aliphatic heterocycles. The maximum absolute atomic E-state index is 13.1. The molecule has 2 aromatic rings. The second-order valence-electron chi connectivity index (χ2n) is 4.32. The molecule has 0 aliphatic carbocycles. The van der Waals surface area contributed by atoms with E-state index in [9.17, 15) is 12.8 Å². The summed E-state index contributed by atoms with van der Waals surface area (Å²) in [5, 5.41) is 0. The van der Waals surface area contributed by atoms with Crippen molar-refractivity contribution in [3.63, 3.8) is 0 Å². The molecule has 6 heteroatoms. The lowest BCUT2D eigenvalue weighted by molar-refractivity contribution is 0.563. The van der Waals surface area contributed by atoms with Crippen LogP contribution in [0.2, 0.25) is 0 Å². The summed E-state index contributed by atoms with van der Waals surface area (Å²) in [6.07, 6.45) is 0. The van der Waals surface area contributed by atoms with E-state index in [1.165, 1.54) is 18.2 Å². The van der Waals surface area contributed by atoms with Crippen LogP contribution < -0.4 is 4.72 Å². The summed E-state index contributed by atoms with van der Waals surface area (Å²) in [5.41, 5.74) is 0.812. The van der Waals surface area contributed by atoms with Gasteiger partial charge in [0.25, 0.3) is 0 Å². The molecule has 0 radical (unpaired) electrons. The van der Waals surface area contributed by atoms with Crippen molar-refractivity contribution in [1.82, 2.24) is 4.72 Å².